The van der Waals surface area contributed by atoms with E-state index in [1.54, 1.807) is 0 Å². The van der Waals surface area contributed by atoms with Crippen LogP contribution in [0.4, 0.5) is 5.13 Å². The van der Waals surface area contributed by atoms with E-state index in [-0.39, 0.29) is 5.75 Å². The summed E-state index contributed by atoms with van der Waals surface area (Å²) in [4.78, 5) is 10.5. The number of hydrogen-bond donors (Lipinski definition) is 2. The standard InChI is InChI=1S/C12H19N3O2S2/c1-2-12(5-3-4-6-12)8-13-10-14-15-11(19-10)18-7-9(16)17/h2-8H2,1H3,(H,13,14)(H,16,17). The number of rotatable bonds is 7. The number of hydrogen-bond acceptors (Lipinski definition) is 6. The van der Waals surface area contributed by atoms with Gasteiger partial charge in [-0.05, 0) is 24.7 Å². The fourth-order valence-corrected chi connectivity index (χ4v) is 3.97. The third-order valence-electron chi connectivity index (χ3n) is 3.75. The molecule has 19 heavy (non-hydrogen) atoms. The van der Waals surface area contributed by atoms with Crippen LogP contribution in [0.25, 0.3) is 0 Å². The summed E-state index contributed by atoms with van der Waals surface area (Å²) in [6, 6.07) is 0. The zero-order chi connectivity index (χ0) is 13.7. The Bertz CT molecular complexity index is 430. The molecular formula is C12H19N3O2S2. The number of aromatic nitrogens is 2. The van der Waals surface area contributed by atoms with Crippen LogP contribution in [0.15, 0.2) is 4.34 Å². The molecule has 0 radical (unpaired) electrons. The van der Waals surface area contributed by atoms with Crippen LogP contribution >= 0.6 is 23.1 Å². The van der Waals surface area contributed by atoms with Crippen molar-refractivity contribution in [1.82, 2.24) is 10.2 Å². The highest BCUT2D eigenvalue weighted by Gasteiger charge is 2.31. The van der Waals surface area contributed by atoms with Crippen LogP contribution < -0.4 is 5.32 Å². The predicted molar refractivity (Wildman–Crippen MR) is 78.0 cm³/mol. The average Bonchev–Trinajstić information content (AvgIpc) is 3.04. The summed E-state index contributed by atoms with van der Waals surface area (Å²) in [5, 5.41) is 20.8. The monoisotopic (exact) mass is 301 g/mol. The minimum atomic E-state index is -0.828. The van der Waals surface area contributed by atoms with Gasteiger partial charge in [0.05, 0.1) is 5.75 Å². The molecule has 0 aliphatic heterocycles. The van der Waals surface area contributed by atoms with Crippen LogP contribution in [0.3, 0.4) is 0 Å². The first-order valence-electron chi connectivity index (χ1n) is 6.55. The molecular weight excluding hydrogens is 282 g/mol. The highest BCUT2D eigenvalue weighted by Crippen LogP contribution is 2.41. The Morgan fingerprint density at radius 1 is 1.47 bits per heavy atom. The largest absolute Gasteiger partial charge is 0.481 e. The molecule has 0 saturated heterocycles. The minimum Gasteiger partial charge on any atom is -0.481 e. The Morgan fingerprint density at radius 2 is 2.21 bits per heavy atom. The lowest BCUT2D eigenvalue weighted by molar-refractivity contribution is -0.133. The van der Waals surface area contributed by atoms with Gasteiger partial charge in [-0.1, -0.05) is 42.9 Å². The van der Waals surface area contributed by atoms with Gasteiger partial charge in [0.2, 0.25) is 5.13 Å². The van der Waals surface area contributed by atoms with Crippen molar-refractivity contribution in [1.29, 1.82) is 0 Å². The molecule has 2 rings (SSSR count). The number of carbonyl (C=O) groups is 1. The third kappa shape index (κ3) is 4.07. The maximum absolute atomic E-state index is 10.5. The van der Waals surface area contributed by atoms with Gasteiger partial charge < -0.3 is 10.4 Å². The fourth-order valence-electron chi connectivity index (χ4n) is 2.51. The second kappa shape index (κ2) is 6.56. The number of thioether (sulfide) groups is 1. The Hall–Kier alpha value is -0.820. The number of carboxylic acids is 1. The summed E-state index contributed by atoms with van der Waals surface area (Å²) in [5.41, 5.74) is 0.417. The third-order valence-corrected chi connectivity index (χ3v) is 5.75. The van der Waals surface area contributed by atoms with E-state index in [2.05, 4.69) is 22.4 Å². The second-order valence-electron chi connectivity index (χ2n) is 4.97. The van der Waals surface area contributed by atoms with Gasteiger partial charge in [0.25, 0.3) is 0 Å². The zero-order valence-corrected chi connectivity index (χ0v) is 12.6. The first-order valence-corrected chi connectivity index (χ1v) is 8.36. The van der Waals surface area contributed by atoms with E-state index in [9.17, 15) is 4.79 Å². The molecule has 7 heteroatoms. The maximum Gasteiger partial charge on any atom is 0.313 e. The molecule has 2 N–H and O–H groups in total. The van der Waals surface area contributed by atoms with Crippen molar-refractivity contribution in [3.63, 3.8) is 0 Å². The topological polar surface area (TPSA) is 75.1 Å². The molecule has 1 heterocycles. The van der Waals surface area contributed by atoms with E-state index in [0.29, 0.717) is 9.75 Å². The van der Waals surface area contributed by atoms with Gasteiger partial charge in [0.1, 0.15) is 0 Å². The van der Waals surface area contributed by atoms with Crippen LogP contribution in [0.1, 0.15) is 39.0 Å². The van der Waals surface area contributed by atoms with E-state index < -0.39 is 5.97 Å². The Morgan fingerprint density at radius 3 is 2.84 bits per heavy atom. The van der Waals surface area contributed by atoms with Gasteiger partial charge in [-0.3, -0.25) is 4.79 Å². The van der Waals surface area contributed by atoms with E-state index in [1.807, 2.05) is 0 Å². The minimum absolute atomic E-state index is 0.0352. The van der Waals surface area contributed by atoms with Gasteiger partial charge in [0.15, 0.2) is 4.34 Å². The lowest BCUT2D eigenvalue weighted by atomic mass is 9.83. The zero-order valence-electron chi connectivity index (χ0n) is 11.0. The molecule has 1 fully saturated rings. The summed E-state index contributed by atoms with van der Waals surface area (Å²) < 4.78 is 0.710. The van der Waals surface area contributed by atoms with Gasteiger partial charge >= 0.3 is 5.97 Å². The van der Waals surface area contributed by atoms with E-state index >= 15 is 0 Å². The molecule has 0 atom stereocenters. The van der Waals surface area contributed by atoms with Crippen LogP contribution in [-0.2, 0) is 4.79 Å². The van der Waals surface area contributed by atoms with Gasteiger partial charge in [-0.25, -0.2) is 0 Å². The maximum atomic E-state index is 10.5. The number of anilines is 1. The Labute approximate surface area is 121 Å². The van der Waals surface area contributed by atoms with Crippen molar-refractivity contribution >= 4 is 34.2 Å². The van der Waals surface area contributed by atoms with Crippen LogP contribution in [0, 0.1) is 5.41 Å². The molecule has 0 spiro atoms. The van der Waals surface area contributed by atoms with Gasteiger partial charge in [-0.15, -0.1) is 10.2 Å². The molecule has 0 bridgehead atoms. The van der Waals surface area contributed by atoms with Crippen molar-refractivity contribution < 1.29 is 9.90 Å². The average molecular weight is 301 g/mol. The van der Waals surface area contributed by atoms with Gasteiger partial charge in [0, 0.05) is 6.54 Å². The summed E-state index contributed by atoms with van der Waals surface area (Å²) >= 11 is 2.65. The van der Waals surface area contributed by atoms with Crippen LogP contribution in [0.2, 0.25) is 0 Å². The lowest BCUT2D eigenvalue weighted by Crippen LogP contribution is -2.25. The molecule has 0 unspecified atom stereocenters. The first kappa shape index (κ1) is 14.6. The van der Waals surface area contributed by atoms with Gasteiger partial charge in [-0.2, -0.15) is 0 Å². The molecule has 1 aliphatic carbocycles. The fraction of sp³-hybridized carbons (Fsp3) is 0.750. The first-order chi connectivity index (χ1) is 9.13. The summed E-state index contributed by atoms with van der Waals surface area (Å²) in [6.45, 7) is 3.20. The molecule has 1 aromatic heterocycles. The van der Waals surface area contributed by atoms with Crippen molar-refractivity contribution in [2.75, 3.05) is 17.6 Å². The molecule has 1 aromatic rings. The second-order valence-corrected chi connectivity index (χ2v) is 7.17. The summed E-state index contributed by atoms with van der Waals surface area (Å²) in [5.74, 6) is -0.793. The predicted octanol–water partition coefficient (Wildman–Crippen LogP) is 3.10. The number of carboxylic acid groups (broad SMARTS) is 1. The number of nitrogens with one attached hydrogen (secondary N) is 1. The molecule has 0 aromatic carbocycles. The van der Waals surface area contributed by atoms with Crippen molar-refractivity contribution in [3.8, 4) is 0 Å². The van der Waals surface area contributed by atoms with Crippen LogP contribution in [-0.4, -0.2) is 33.6 Å². The van der Waals surface area contributed by atoms with Crippen molar-refractivity contribution in [2.45, 2.75) is 43.4 Å². The molecule has 0 amide bonds. The van der Waals surface area contributed by atoms with E-state index in [4.69, 9.17) is 5.11 Å². The van der Waals surface area contributed by atoms with Crippen molar-refractivity contribution in [3.05, 3.63) is 0 Å². The smallest absolute Gasteiger partial charge is 0.313 e. The highest BCUT2D eigenvalue weighted by molar-refractivity contribution is 8.01. The Kier molecular flexibility index (Phi) is 5.04. The summed E-state index contributed by atoms with van der Waals surface area (Å²) in [6.07, 6.45) is 6.42. The lowest BCUT2D eigenvalue weighted by Gasteiger charge is -2.27. The SMILES string of the molecule is CCC1(CNc2nnc(SCC(=O)O)s2)CCCC1. The van der Waals surface area contributed by atoms with Crippen LogP contribution in [0.5, 0.6) is 0 Å². The molecule has 1 aliphatic rings. The van der Waals surface area contributed by atoms with E-state index in [1.165, 1.54) is 55.2 Å². The highest BCUT2D eigenvalue weighted by atomic mass is 32.2. The quantitative estimate of drug-likeness (QED) is 0.754. The van der Waals surface area contributed by atoms with E-state index in [0.717, 1.165) is 11.7 Å². The number of aliphatic carboxylic acids is 1. The molecule has 106 valence electrons. The number of nitrogens with zero attached hydrogens (tertiary/aromatic N) is 2. The van der Waals surface area contributed by atoms with Crippen molar-refractivity contribution in [2.24, 2.45) is 5.41 Å². The molecule has 1 saturated carbocycles. The summed E-state index contributed by atoms with van der Waals surface area (Å²) in [7, 11) is 0. The normalized spacial score (nSPS) is 17.5. The molecule has 5 nitrogen and oxygen atoms in total. The Balaban J connectivity index is 1.84.